The van der Waals surface area contributed by atoms with Crippen LogP contribution < -0.4 is 10.6 Å². The van der Waals surface area contributed by atoms with Crippen LogP contribution in [-0.2, 0) is 4.79 Å². The lowest BCUT2D eigenvalue weighted by Gasteiger charge is -2.28. The molecule has 2 aromatic heterocycles. The number of amides is 1. The Kier molecular flexibility index (Phi) is 5.46. The lowest BCUT2D eigenvalue weighted by atomic mass is 9.77. The topological polar surface area (TPSA) is 130 Å². The Labute approximate surface area is 192 Å². The number of hydrogen-bond acceptors (Lipinski definition) is 7. The molecule has 2 aliphatic rings. The number of halogens is 2. The summed E-state index contributed by atoms with van der Waals surface area (Å²) in [6.45, 7) is 0. The summed E-state index contributed by atoms with van der Waals surface area (Å²) in [5.41, 5.74) is 1.53. The van der Waals surface area contributed by atoms with E-state index in [1.807, 2.05) is 6.07 Å². The molecule has 1 unspecified atom stereocenters. The van der Waals surface area contributed by atoms with E-state index in [1.165, 1.54) is 6.07 Å². The second kappa shape index (κ2) is 8.47. The first-order valence-corrected chi connectivity index (χ1v) is 10.9. The third-order valence-electron chi connectivity index (χ3n) is 6.72. The van der Waals surface area contributed by atoms with Gasteiger partial charge in [-0.15, -0.1) is 5.10 Å². The first-order chi connectivity index (χ1) is 16.3. The summed E-state index contributed by atoms with van der Waals surface area (Å²) >= 11 is 0. The van der Waals surface area contributed by atoms with Gasteiger partial charge in [0.2, 0.25) is 0 Å². The van der Waals surface area contributed by atoms with Gasteiger partial charge in [0, 0.05) is 23.4 Å². The van der Waals surface area contributed by atoms with Gasteiger partial charge in [-0.25, -0.2) is 8.78 Å². The van der Waals surface area contributed by atoms with E-state index >= 15 is 0 Å². The van der Waals surface area contributed by atoms with Gasteiger partial charge in [-0.3, -0.25) is 14.6 Å². The summed E-state index contributed by atoms with van der Waals surface area (Å²) in [4.78, 5) is 28.1. The standard InChI is InChI=1S/C23H21F2N5O4/c24-16-3-1-13(9-17(16)25)28-22-30-29-20(34-22)19(31)27-14-2-4-18(26-11-14)12-5-7-23(8-6-12)10-15(23)21(32)33/h1-4,9,11-12,15H,5-8,10H2,(H,27,31)(H,28,30)(H,32,33)/t12-,15?,23+. The number of nitrogens with zero attached hydrogens (tertiary/aromatic N) is 3. The SMILES string of the molecule is O=C(Nc1ccc([C@H]2CC[C@@]3(CC2)CC3C(=O)O)nc1)c1nnc(Nc2ccc(F)c(F)c2)o1. The average Bonchev–Trinajstić information content (AvgIpc) is 3.32. The first kappa shape index (κ1) is 21.9. The minimum Gasteiger partial charge on any atom is -0.481 e. The first-order valence-electron chi connectivity index (χ1n) is 10.9. The average molecular weight is 469 g/mol. The predicted octanol–water partition coefficient (Wildman–Crippen LogP) is 4.49. The number of nitrogens with one attached hydrogen (secondary N) is 2. The Hall–Kier alpha value is -3.89. The van der Waals surface area contributed by atoms with Crippen molar-refractivity contribution < 1.29 is 27.9 Å². The summed E-state index contributed by atoms with van der Waals surface area (Å²) in [7, 11) is 0. The molecule has 176 valence electrons. The summed E-state index contributed by atoms with van der Waals surface area (Å²) in [6, 6.07) is 6.59. The lowest BCUT2D eigenvalue weighted by molar-refractivity contribution is -0.139. The molecule has 0 radical (unpaired) electrons. The molecule has 0 saturated heterocycles. The summed E-state index contributed by atoms with van der Waals surface area (Å²) < 4.78 is 31.6. The molecule has 11 heteroatoms. The molecular formula is C23H21F2N5O4. The molecule has 2 saturated carbocycles. The van der Waals surface area contributed by atoms with Crippen LogP contribution in [0.2, 0.25) is 0 Å². The smallest absolute Gasteiger partial charge is 0.320 e. The zero-order valence-corrected chi connectivity index (χ0v) is 17.9. The molecule has 3 N–H and O–H groups in total. The minimum atomic E-state index is -1.04. The Balaban J connectivity index is 1.16. The van der Waals surface area contributed by atoms with Crippen LogP contribution in [0.25, 0.3) is 0 Å². The van der Waals surface area contributed by atoms with E-state index in [-0.39, 0.29) is 34.8 Å². The molecule has 5 rings (SSSR count). The van der Waals surface area contributed by atoms with Crippen LogP contribution in [0.15, 0.2) is 40.9 Å². The van der Waals surface area contributed by atoms with Gasteiger partial charge in [-0.1, -0.05) is 5.10 Å². The Morgan fingerprint density at radius 2 is 1.82 bits per heavy atom. The van der Waals surface area contributed by atoms with Gasteiger partial charge in [0.25, 0.3) is 0 Å². The van der Waals surface area contributed by atoms with Crippen molar-refractivity contribution in [3.63, 3.8) is 0 Å². The molecule has 0 bridgehead atoms. The van der Waals surface area contributed by atoms with E-state index in [0.717, 1.165) is 49.9 Å². The van der Waals surface area contributed by atoms with Crippen molar-refractivity contribution in [2.75, 3.05) is 10.6 Å². The number of anilines is 3. The second-order valence-corrected chi connectivity index (χ2v) is 8.82. The fraction of sp³-hybridized carbons (Fsp3) is 0.348. The maximum absolute atomic E-state index is 13.3. The van der Waals surface area contributed by atoms with Crippen molar-refractivity contribution in [2.45, 2.75) is 38.0 Å². The van der Waals surface area contributed by atoms with Gasteiger partial charge in [0.15, 0.2) is 11.6 Å². The van der Waals surface area contributed by atoms with Gasteiger partial charge in [-0.2, -0.15) is 0 Å². The largest absolute Gasteiger partial charge is 0.481 e. The highest BCUT2D eigenvalue weighted by atomic mass is 19.2. The van der Waals surface area contributed by atoms with Crippen LogP contribution in [0, 0.1) is 23.0 Å². The van der Waals surface area contributed by atoms with Crippen LogP contribution in [0.1, 0.15) is 54.4 Å². The fourth-order valence-corrected chi connectivity index (χ4v) is 4.71. The van der Waals surface area contributed by atoms with Gasteiger partial charge in [-0.05, 0) is 61.8 Å². The summed E-state index contributed by atoms with van der Waals surface area (Å²) in [5, 5.41) is 21.8. The van der Waals surface area contributed by atoms with Crippen molar-refractivity contribution in [1.82, 2.24) is 15.2 Å². The van der Waals surface area contributed by atoms with E-state index in [4.69, 9.17) is 4.42 Å². The Morgan fingerprint density at radius 3 is 2.47 bits per heavy atom. The molecule has 0 aliphatic heterocycles. The van der Waals surface area contributed by atoms with Crippen molar-refractivity contribution in [3.8, 4) is 0 Å². The molecule has 1 aromatic carbocycles. The van der Waals surface area contributed by atoms with E-state index in [2.05, 4.69) is 25.8 Å². The number of aromatic nitrogens is 3. The van der Waals surface area contributed by atoms with Crippen molar-refractivity contribution in [3.05, 3.63) is 59.7 Å². The molecular weight excluding hydrogens is 448 g/mol. The normalized spacial score (nSPS) is 23.5. The third kappa shape index (κ3) is 4.33. The number of aliphatic carboxylic acids is 1. The number of pyridine rings is 1. The highest BCUT2D eigenvalue weighted by Crippen LogP contribution is 2.63. The van der Waals surface area contributed by atoms with Crippen molar-refractivity contribution in [2.24, 2.45) is 11.3 Å². The van der Waals surface area contributed by atoms with Crippen LogP contribution >= 0.6 is 0 Å². The molecule has 34 heavy (non-hydrogen) atoms. The number of carbonyl (C=O) groups is 2. The maximum atomic E-state index is 13.3. The van der Waals surface area contributed by atoms with Crippen LogP contribution in [-0.4, -0.2) is 32.2 Å². The quantitative estimate of drug-likeness (QED) is 0.482. The monoisotopic (exact) mass is 469 g/mol. The molecule has 2 heterocycles. The maximum Gasteiger partial charge on any atom is 0.320 e. The molecule has 1 amide bonds. The molecule has 1 spiro atoms. The highest BCUT2D eigenvalue weighted by molar-refractivity contribution is 6.00. The number of carboxylic acids is 1. The summed E-state index contributed by atoms with van der Waals surface area (Å²) in [6.07, 6.45) is 5.92. The van der Waals surface area contributed by atoms with Crippen LogP contribution in [0.4, 0.5) is 26.2 Å². The van der Waals surface area contributed by atoms with Crippen LogP contribution in [0.3, 0.4) is 0 Å². The van der Waals surface area contributed by atoms with Crippen molar-refractivity contribution in [1.29, 1.82) is 0 Å². The number of benzene rings is 1. The zero-order chi connectivity index (χ0) is 23.9. The van der Waals surface area contributed by atoms with Gasteiger partial charge < -0.3 is 20.2 Å². The van der Waals surface area contributed by atoms with Crippen molar-refractivity contribution >= 4 is 29.3 Å². The zero-order valence-electron chi connectivity index (χ0n) is 17.9. The highest BCUT2D eigenvalue weighted by Gasteiger charge is 2.58. The van der Waals surface area contributed by atoms with Crippen LogP contribution in [0.5, 0.6) is 0 Å². The molecule has 2 aliphatic carbocycles. The molecule has 1 atom stereocenters. The predicted molar refractivity (Wildman–Crippen MR) is 116 cm³/mol. The third-order valence-corrected chi connectivity index (χ3v) is 6.72. The van der Waals surface area contributed by atoms with Gasteiger partial charge in [0.1, 0.15) is 0 Å². The van der Waals surface area contributed by atoms with E-state index in [9.17, 15) is 23.5 Å². The number of rotatable bonds is 6. The van der Waals surface area contributed by atoms with E-state index in [0.29, 0.717) is 5.69 Å². The van der Waals surface area contributed by atoms with Gasteiger partial charge >= 0.3 is 23.8 Å². The Morgan fingerprint density at radius 1 is 1.06 bits per heavy atom. The number of hydrogen-bond donors (Lipinski definition) is 3. The number of carbonyl (C=O) groups excluding carboxylic acids is 1. The van der Waals surface area contributed by atoms with E-state index < -0.39 is 23.5 Å². The number of carboxylic acid groups (broad SMARTS) is 1. The molecule has 2 fully saturated rings. The molecule has 3 aromatic rings. The fourth-order valence-electron chi connectivity index (χ4n) is 4.71. The molecule has 9 nitrogen and oxygen atoms in total. The minimum absolute atomic E-state index is 0.0150. The Bertz CT molecular complexity index is 1240. The second-order valence-electron chi connectivity index (χ2n) is 8.82. The summed E-state index contributed by atoms with van der Waals surface area (Å²) in [5.74, 6) is -3.61. The van der Waals surface area contributed by atoms with Gasteiger partial charge in [0.05, 0.1) is 17.8 Å². The van der Waals surface area contributed by atoms with E-state index in [1.54, 1.807) is 12.3 Å². The lowest BCUT2D eigenvalue weighted by Crippen LogP contribution is -2.19.